The van der Waals surface area contributed by atoms with E-state index in [0.717, 1.165) is 42.5 Å². The van der Waals surface area contributed by atoms with Gasteiger partial charge in [0.1, 0.15) is 0 Å². The summed E-state index contributed by atoms with van der Waals surface area (Å²) in [5.74, 6) is -0.621. The molecule has 0 saturated carbocycles. The second-order valence-electron chi connectivity index (χ2n) is 7.43. The van der Waals surface area contributed by atoms with E-state index >= 15 is 0 Å². The lowest BCUT2D eigenvalue weighted by atomic mass is 10.1. The van der Waals surface area contributed by atoms with E-state index in [-0.39, 0.29) is 11.3 Å². The van der Waals surface area contributed by atoms with E-state index in [9.17, 15) is 13.2 Å². The Bertz CT molecular complexity index is 1590. The van der Waals surface area contributed by atoms with Crippen molar-refractivity contribution in [1.29, 1.82) is 0 Å². The third-order valence-electron chi connectivity index (χ3n) is 5.01. The molecular weight excluding hydrogens is 444 g/mol. The number of hydrogen-bond acceptors (Lipinski definition) is 6. The van der Waals surface area contributed by atoms with E-state index < -0.39 is 15.9 Å². The second-order valence-corrected chi connectivity index (χ2v) is 10.3. The normalized spacial score (nSPS) is 11.8. The van der Waals surface area contributed by atoms with Crippen molar-refractivity contribution in [3.8, 4) is 5.13 Å². The molecule has 0 atom stereocenters. The summed E-state index contributed by atoms with van der Waals surface area (Å²) in [7, 11) is -3.88. The van der Waals surface area contributed by atoms with E-state index in [2.05, 4.69) is 9.97 Å². The first kappa shape index (κ1) is 20.3. The molecule has 160 valence electrons. The minimum absolute atomic E-state index is 0.271. The van der Waals surface area contributed by atoms with Gasteiger partial charge in [-0.2, -0.15) is 0 Å². The van der Waals surface area contributed by atoms with Crippen LogP contribution in [-0.2, 0) is 10.0 Å². The minimum Gasteiger partial charge on any atom is -0.300 e. The summed E-state index contributed by atoms with van der Waals surface area (Å²) in [4.78, 5) is 22.4. The van der Waals surface area contributed by atoms with Gasteiger partial charge in [0.15, 0.2) is 5.13 Å². The van der Waals surface area contributed by atoms with Gasteiger partial charge in [-0.3, -0.25) is 9.78 Å². The van der Waals surface area contributed by atoms with Crippen molar-refractivity contribution >= 4 is 54.1 Å². The summed E-state index contributed by atoms with van der Waals surface area (Å²) in [6.07, 6.45) is 4.81. The van der Waals surface area contributed by atoms with Crippen LogP contribution in [0.2, 0.25) is 0 Å². The van der Waals surface area contributed by atoms with Crippen LogP contribution >= 0.6 is 11.3 Å². The number of rotatable bonds is 4. The highest BCUT2D eigenvalue weighted by molar-refractivity contribution is 7.92. The number of anilines is 1. The van der Waals surface area contributed by atoms with Crippen LogP contribution in [0.5, 0.6) is 0 Å². The van der Waals surface area contributed by atoms with Crippen LogP contribution in [0, 0.1) is 6.92 Å². The maximum atomic E-state index is 13.4. The zero-order chi connectivity index (χ0) is 22.5. The average molecular weight is 463 g/mol. The molecule has 2 aromatic carbocycles. The first-order valence-electron chi connectivity index (χ1n) is 9.75. The largest absolute Gasteiger partial charge is 0.300 e. The predicted octanol–water partition coefficient (Wildman–Crippen LogP) is 4.55. The van der Waals surface area contributed by atoms with E-state index in [1.165, 1.54) is 11.3 Å². The summed E-state index contributed by atoms with van der Waals surface area (Å²) in [5.41, 5.74) is 2.88. The molecule has 32 heavy (non-hydrogen) atoms. The molecule has 0 radical (unpaired) electrons. The van der Waals surface area contributed by atoms with Gasteiger partial charge in [0.25, 0.3) is 5.91 Å². The van der Waals surface area contributed by atoms with Crippen LogP contribution in [0.25, 0.3) is 26.3 Å². The van der Waals surface area contributed by atoms with Gasteiger partial charge in [-0.25, -0.2) is 17.7 Å². The Labute approximate surface area is 188 Å². The predicted molar refractivity (Wildman–Crippen MR) is 127 cm³/mol. The highest BCUT2D eigenvalue weighted by atomic mass is 32.2. The molecule has 5 aromatic rings. The lowest BCUT2D eigenvalue weighted by molar-refractivity contribution is 0.101. The summed E-state index contributed by atoms with van der Waals surface area (Å²) in [6.45, 7) is 1.89. The van der Waals surface area contributed by atoms with Gasteiger partial charge in [-0.1, -0.05) is 17.4 Å². The van der Waals surface area contributed by atoms with Gasteiger partial charge >= 0.3 is 0 Å². The Kier molecular flexibility index (Phi) is 4.79. The van der Waals surface area contributed by atoms with Gasteiger partial charge in [-0.05, 0) is 61.5 Å². The minimum atomic E-state index is -3.88. The van der Waals surface area contributed by atoms with Gasteiger partial charge in [0, 0.05) is 29.0 Å². The lowest BCUT2D eigenvalue weighted by Crippen LogP contribution is -2.36. The van der Waals surface area contributed by atoms with Crippen molar-refractivity contribution in [2.24, 2.45) is 0 Å². The van der Waals surface area contributed by atoms with Gasteiger partial charge < -0.3 is 4.57 Å². The second kappa shape index (κ2) is 7.54. The molecule has 0 spiro atoms. The fourth-order valence-electron chi connectivity index (χ4n) is 3.54. The summed E-state index contributed by atoms with van der Waals surface area (Å²) >= 11 is 1.43. The molecule has 0 bridgehead atoms. The van der Waals surface area contributed by atoms with Crippen LogP contribution in [-0.4, -0.2) is 35.1 Å². The molecule has 0 unspecified atom stereocenters. The van der Waals surface area contributed by atoms with Gasteiger partial charge in [0.05, 0.1) is 27.7 Å². The molecule has 0 aliphatic heterocycles. The molecule has 0 aliphatic rings. The monoisotopic (exact) mass is 462 g/mol. The van der Waals surface area contributed by atoms with E-state index in [1.807, 2.05) is 48.1 Å². The number of pyridine rings is 1. The molecule has 0 fully saturated rings. The zero-order valence-corrected chi connectivity index (χ0v) is 18.9. The highest BCUT2D eigenvalue weighted by Gasteiger charge is 2.27. The molecule has 0 aliphatic carbocycles. The molecular formula is C23H18N4O3S2. The van der Waals surface area contributed by atoms with Crippen molar-refractivity contribution in [3.05, 3.63) is 84.3 Å². The Hall–Kier alpha value is -3.56. The fourth-order valence-corrected chi connectivity index (χ4v) is 5.41. The third kappa shape index (κ3) is 3.65. The van der Waals surface area contributed by atoms with Crippen molar-refractivity contribution in [3.63, 3.8) is 0 Å². The van der Waals surface area contributed by atoms with E-state index in [0.29, 0.717) is 0 Å². The SMILES string of the molecule is Cc1ccc2cc(N(C(=O)c3ccc4nc(-n5cccc5)sc4c3)S(C)(=O)=O)ccc2n1. The number of benzene rings is 2. The smallest absolute Gasteiger partial charge is 0.272 e. The molecule has 1 amide bonds. The van der Waals surface area contributed by atoms with Gasteiger partial charge in [0.2, 0.25) is 10.0 Å². The fraction of sp³-hybridized carbons (Fsp3) is 0.0870. The third-order valence-corrected chi connectivity index (χ3v) is 7.08. The van der Waals surface area contributed by atoms with Crippen LogP contribution < -0.4 is 4.31 Å². The Morgan fingerprint density at radius 2 is 1.72 bits per heavy atom. The van der Waals surface area contributed by atoms with Crippen LogP contribution in [0.15, 0.2) is 73.1 Å². The van der Waals surface area contributed by atoms with Crippen molar-refractivity contribution < 1.29 is 13.2 Å². The quantitative estimate of drug-likeness (QED) is 0.391. The highest BCUT2D eigenvalue weighted by Crippen LogP contribution is 2.29. The number of thiazole rings is 1. The number of aryl methyl sites for hydroxylation is 1. The number of hydrogen-bond donors (Lipinski definition) is 0. The first-order chi connectivity index (χ1) is 15.3. The average Bonchev–Trinajstić information content (AvgIpc) is 3.42. The topological polar surface area (TPSA) is 85.2 Å². The first-order valence-corrected chi connectivity index (χ1v) is 12.4. The molecule has 5 rings (SSSR count). The summed E-state index contributed by atoms with van der Waals surface area (Å²) in [6, 6.07) is 17.5. The zero-order valence-electron chi connectivity index (χ0n) is 17.3. The number of aromatic nitrogens is 3. The Morgan fingerprint density at radius 1 is 0.969 bits per heavy atom. The number of carbonyl (C=O) groups is 1. The number of nitrogens with zero attached hydrogens (tertiary/aromatic N) is 4. The number of amides is 1. The molecule has 0 saturated heterocycles. The Morgan fingerprint density at radius 3 is 2.47 bits per heavy atom. The molecule has 9 heteroatoms. The van der Waals surface area contributed by atoms with Crippen LogP contribution in [0.1, 0.15) is 16.1 Å². The van der Waals surface area contributed by atoms with Crippen LogP contribution in [0.4, 0.5) is 5.69 Å². The standard InChI is InChI=1S/C23H18N4O3S2/c1-15-5-6-16-13-18(8-10-19(16)24-15)27(32(2,29)30)22(28)17-7-9-20-21(14-17)31-23(25-20)26-11-3-4-12-26/h3-14H,1-2H3. The number of sulfonamides is 1. The lowest BCUT2D eigenvalue weighted by Gasteiger charge is -2.21. The van der Waals surface area contributed by atoms with Crippen molar-refractivity contribution in [2.75, 3.05) is 10.6 Å². The van der Waals surface area contributed by atoms with Crippen molar-refractivity contribution in [1.82, 2.24) is 14.5 Å². The summed E-state index contributed by atoms with van der Waals surface area (Å²) in [5, 5.41) is 1.52. The van der Waals surface area contributed by atoms with Gasteiger partial charge in [-0.15, -0.1) is 0 Å². The number of fused-ring (bicyclic) bond motifs is 2. The molecule has 0 N–H and O–H groups in total. The number of carbonyl (C=O) groups excluding carboxylic acids is 1. The summed E-state index contributed by atoms with van der Waals surface area (Å²) < 4.78 is 28.8. The molecule has 3 heterocycles. The Balaban J connectivity index is 1.57. The maximum Gasteiger partial charge on any atom is 0.272 e. The molecule has 3 aromatic heterocycles. The van der Waals surface area contributed by atoms with E-state index in [1.54, 1.807) is 36.4 Å². The maximum absolute atomic E-state index is 13.4. The van der Waals surface area contributed by atoms with Crippen molar-refractivity contribution in [2.45, 2.75) is 6.92 Å². The van der Waals surface area contributed by atoms with E-state index in [4.69, 9.17) is 0 Å². The van der Waals surface area contributed by atoms with Crippen LogP contribution in [0.3, 0.4) is 0 Å². The molecule has 7 nitrogen and oxygen atoms in total.